The molecule has 13 heteroatoms. The Bertz CT molecular complexity index is 1280. The Balaban J connectivity index is 1.60. The van der Waals surface area contributed by atoms with Crippen molar-refractivity contribution >= 4 is 51.9 Å². The molecule has 2 aromatic carbocycles. The number of benzene rings is 2. The van der Waals surface area contributed by atoms with E-state index in [0.29, 0.717) is 43.1 Å². The number of rotatable bonds is 15. The quantitative estimate of drug-likeness (QED) is 0.238. The van der Waals surface area contributed by atoms with Crippen molar-refractivity contribution in [2.75, 3.05) is 55.3 Å². The summed E-state index contributed by atoms with van der Waals surface area (Å²) >= 11 is 0. The average Bonchev–Trinajstić information content (AvgIpc) is 3.50. The molecule has 234 valence electrons. The molecule has 1 heterocycles. The van der Waals surface area contributed by atoms with Gasteiger partial charge in [0.2, 0.25) is 11.8 Å². The molecule has 4 amide bonds. The van der Waals surface area contributed by atoms with Crippen LogP contribution in [0.2, 0.25) is 0 Å². The van der Waals surface area contributed by atoms with Crippen molar-refractivity contribution in [2.24, 2.45) is 5.92 Å². The molecule has 1 aliphatic rings. The van der Waals surface area contributed by atoms with Crippen LogP contribution in [0.4, 0.5) is 21.9 Å². The Kier molecular flexibility index (Phi) is 13.1. The maximum absolute atomic E-state index is 13.4. The van der Waals surface area contributed by atoms with Crippen molar-refractivity contribution in [3.05, 3.63) is 54.1 Å². The highest BCUT2D eigenvalue weighted by Crippen LogP contribution is 2.18. The van der Waals surface area contributed by atoms with Crippen molar-refractivity contribution in [3.63, 3.8) is 0 Å². The highest BCUT2D eigenvalue weighted by molar-refractivity contribution is 7.83. The molecule has 2 atom stereocenters. The third-order valence-corrected chi connectivity index (χ3v) is 8.56. The first-order valence-corrected chi connectivity index (χ1v) is 15.4. The number of carbonyl (C=O) groups excluding carboxylic acids is 3. The van der Waals surface area contributed by atoms with E-state index >= 15 is 0 Å². The molecule has 1 aliphatic heterocycles. The number of para-hydroxylation sites is 1. The smallest absolute Gasteiger partial charge is 0.323 e. The summed E-state index contributed by atoms with van der Waals surface area (Å²) < 4.78 is 19.8. The minimum atomic E-state index is -1.60. The first kappa shape index (κ1) is 33.7. The normalized spacial score (nSPS) is 15.2. The summed E-state index contributed by atoms with van der Waals surface area (Å²) in [6, 6.07) is 13.6. The van der Waals surface area contributed by atoms with E-state index in [1.165, 1.54) is 9.21 Å². The number of hydrogen-bond donors (Lipinski definition) is 4. The highest BCUT2D eigenvalue weighted by atomic mass is 32.2. The Morgan fingerprint density at radius 3 is 2.26 bits per heavy atom. The summed E-state index contributed by atoms with van der Waals surface area (Å²) in [6.07, 6.45) is 0.950. The first-order chi connectivity index (χ1) is 20.5. The number of hydrogen-bond acceptors (Lipinski definition) is 6. The van der Waals surface area contributed by atoms with Crippen LogP contribution in [-0.4, -0.2) is 87.0 Å². The number of aryl methyl sites for hydroxylation is 1. The van der Waals surface area contributed by atoms with Crippen LogP contribution in [0, 0.1) is 12.8 Å². The van der Waals surface area contributed by atoms with Crippen molar-refractivity contribution in [3.8, 4) is 0 Å². The van der Waals surface area contributed by atoms with E-state index in [-0.39, 0.29) is 43.8 Å². The molecule has 0 aromatic heterocycles. The topological polar surface area (TPSA) is 157 Å². The predicted octanol–water partition coefficient (Wildman–Crippen LogP) is 3.68. The molecular weight excluding hydrogens is 574 g/mol. The van der Waals surface area contributed by atoms with E-state index in [0.717, 1.165) is 5.56 Å². The van der Waals surface area contributed by atoms with Crippen LogP contribution in [-0.2, 0) is 30.1 Å². The molecule has 12 nitrogen and oxygen atoms in total. The Morgan fingerprint density at radius 2 is 1.65 bits per heavy atom. The fourth-order valence-electron chi connectivity index (χ4n) is 4.30. The molecule has 0 radical (unpaired) electrons. The van der Waals surface area contributed by atoms with E-state index in [1.54, 1.807) is 30.3 Å². The molecule has 3 rings (SSSR count). The summed E-state index contributed by atoms with van der Waals surface area (Å²) in [5, 5.41) is 17.2. The molecule has 4 N–H and O–H groups in total. The second kappa shape index (κ2) is 16.7. The number of nitrogens with one attached hydrogen (secondary N) is 3. The average molecular weight is 616 g/mol. The fraction of sp³-hybridized carbons (Fsp3) is 0.467. The number of carboxylic acid groups (broad SMARTS) is 1. The summed E-state index contributed by atoms with van der Waals surface area (Å²) in [5.74, 6) is -1.61. The molecule has 0 saturated carbocycles. The summed E-state index contributed by atoms with van der Waals surface area (Å²) in [4.78, 5) is 51.3. The van der Waals surface area contributed by atoms with Gasteiger partial charge in [0, 0.05) is 36.8 Å². The number of urea groups is 1. The van der Waals surface area contributed by atoms with E-state index in [2.05, 4.69) is 16.0 Å². The maximum atomic E-state index is 13.4. The molecule has 1 fully saturated rings. The molecule has 1 saturated heterocycles. The SMILES string of the molecule is Cc1ccccc1NC(=O)Nc1ccc(NC(=O)CN(CCC(C)C)C(=O)CN(CCC(=O)O)S(=O)C2CCOC2)cc1. The minimum absolute atomic E-state index is 0.0578. The zero-order chi connectivity index (χ0) is 31.4. The number of amides is 4. The molecular formula is C30H41N5O7S. The lowest BCUT2D eigenvalue weighted by molar-refractivity contribution is -0.138. The van der Waals surface area contributed by atoms with E-state index < -0.39 is 34.8 Å². The van der Waals surface area contributed by atoms with Crippen LogP contribution in [0.15, 0.2) is 48.5 Å². The van der Waals surface area contributed by atoms with Gasteiger partial charge in [-0.3, -0.25) is 14.4 Å². The van der Waals surface area contributed by atoms with Crippen LogP contribution in [0.3, 0.4) is 0 Å². The summed E-state index contributed by atoms with van der Waals surface area (Å²) in [7, 11) is -1.60. The van der Waals surface area contributed by atoms with Gasteiger partial charge in [0.1, 0.15) is 11.0 Å². The Hall–Kier alpha value is -3.81. The molecule has 0 spiro atoms. The third kappa shape index (κ3) is 11.4. The van der Waals surface area contributed by atoms with Crippen LogP contribution < -0.4 is 16.0 Å². The molecule has 2 aromatic rings. The number of aliphatic carboxylic acids is 1. The Labute approximate surface area is 254 Å². The molecule has 0 aliphatic carbocycles. The third-order valence-electron chi connectivity index (χ3n) is 6.80. The minimum Gasteiger partial charge on any atom is -0.481 e. The number of carbonyl (C=O) groups is 4. The van der Waals surface area contributed by atoms with Gasteiger partial charge in [0.25, 0.3) is 0 Å². The zero-order valence-corrected chi connectivity index (χ0v) is 25.7. The summed E-state index contributed by atoms with van der Waals surface area (Å²) in [5.41, 5.74) is 2.64. The van der Waals surface area contributed by atoms with Gasteiger partial charge in [-0.15, -0.1) is 0 Å². The van der Waals surface area contributed by atoms with Crippen molar-refractivity contribution in [1.82, 2.24) is 9.21 Å². The van der Waals surface area contributed by atoms with Gasteiger partial charge in [-0.05, 0) is 61.6 Å². The van der Waals surface area contributed by atoms with Crippen LogP contribution in [0.1, 0.15) is 38.7 Å². The number of ether oxygens (including phenoxy) is 1. The van der Waals surface area contributed by atoms with Crippen molar-refractivity contribution in [1.29, 1.82) is 0 Å². The molecule has 43 heavy (non-hydrogen) atoms. The van der Waals surface area contributed by atoms with Gasteiger partial charge in [-0.25, -0.2) is 13.3 Å². The van der Waals surface area contributed by atoms with Crippen LogP contribution in [0.25, 0.3) is 0 Å². The van der Waals surface area contributed by atoms with Gasteiger partial charge >= 0.3 is 12.0 Å². The van der Waals surface area contributed by atoms with Gasteiger partial charge in [0.15, 0.2) is 0 Å². The second-order valence-electron chi connectivity index (χ2n) is 10.8. The zero-order valence-electron chi connectivity index (χ0n) is 24.8. The van der Waals surface area contributed by atoms with Crippen LogP contribution >= 0.6 is 0 Å². The highest BCUT2D eigenvalue weighted by Gasteiger charge is 2.30. The predicted molar refractivity (Wildman–Crippen MR) is 166 cm³/mol. The molecule has 2 unspecified atom stereocenters. The lowest BCUT2D eigenvalue weighted by atomic mass is 10.1. The van der Waals surface area contributed by atoms with Crippen molar-refractivity contribution < 1.29 is 33.2 Å². The second-order valence-corrected chi connectivity index (χ2v) is 12.5. The maximum Gasteiger partial charge on any atom is 0.323 e. The first-order valence-electron chi connectivity index (χ1n) is 14.3. The van der Waals surface area contributed by atoms with Crippen LogP contribution in [0.5, 0.6) is 0 Å². The molecule has 0 bridgehead atoms. The lowest BCUT2D eigenvalue weighted by Crippen LogP contribution is -2.46. The monoisotopic (exact) mass is 615 g/mol. The van der Waals surface area contributed by atoms with E-state index in [1.807, 2.05) is 39.0 Å². The summed E-state index contributed by atoms with van der Waals surface area (Å²) in [6.45, 7) is 6.43. The van der Waals surface area contributed by atoms with Crippen molar-refractivity contribution in [2.45, 2.75) is 45.3 Å². The lowest BCUT2D eigenvalue weighted by Gasteiger charge is -2.28. The van der Waals surface area contributed by atoms with E-state index in [9.17, 15) is 23.4 Å². The van der Waals surface area contributed by atoms with E-state index in [4.69, 9.17) is 9.84 Å². The van der Waals surface area contributed by atoms with Gasteiger partial charge < -0.3 is 30.7 Å². The number of nitrogens with zero attached hydrogens (tertiary/aromatic N) is 2. The Morgan fingerprint density at radius 1 is 0.977 bits per heavy atom. The largest absolute Gasteiger partial charge is 0.481 e. The van der Waals surface area contributed by atoms with Gasteiger partial charge in [-0.2, -0.15) is 0 Å². The van der Waals surface area contributed by atoms with Gasteiger partial charge in [-0.1, -0.05) is 32.0 Å². The standard InChI is InChI=1S/C30H41N5O7S/c1-21(2)12-15-34(28(37)19-35(16-13-29(38)39)43(41)25-14-17-42-20-25)18-27(36)31-23-8-10-24(11-9-23)32-30(40)33-26-7-5-4-6-22(26)3/h4-11,21,25H,12-20H2,1-3H3,(H,31,36)(H,38,39)(H2,32,33,40). The number of anilines is 3. The fourth-order valence-corrected chi connectivity index (χ4v) is 5.74. The number of carboxylic acids is 1. The van der Waals surface area contributed by atoms with Gasteiger partial charge in [0.05, 0.1) is 31.4 Å².